The number of nitrogens with one attached hydrogen (secondary N) is 1. The summed E-state index contributed by atoms with van der Waals surface area (Å²) in [6.45, 7) is 0. The van der Waals surface area contributed by atoms with Gasteiger partial charge >= 0.3 is 0 Å². The fourth-order valence-electron chi connectivity index (χ4n) is 3.52. The van der Waals surface area contributed by atoms with E-state index in [1.807, 2.05) is 31.4 Å². The lowest BCUT2D eigenvalue weighted by Crippen LogP contribution is -2.41. The van der Waals surface area contributed by atoms with E-state index in [2.05, 4.69) is 10.4 Å². The van der Waals surface area contributed by atoms with E-state index >= 15 is 0 Å². The molecule has 2 N–H and O–H groups in total. The van der Waals surface area contributed by atoms with E-state index in [0.29, 0.717) is 37.2 Å². The van der Waals surface area contributed by atoms with Crippen LogP contribution in [0.25, 0.3) is 0 Å². The zero-order valence-electron chi connectivity index (χ0n) is 16.0. The Morgan fingerprint density at radius 2 is 2.07 bits per heavy atom. The maximum absolute atomic E-state index is 12.6. The van der Waals surface area contributed by atoms with Crippen LogP contribution in [0.5, 0.6) is 11.5 Å². The first-order valence-corrected chi connectivity index (χ1v) is 9.17. The number of carbonyl (C=O) groups excluding carboxylic acids is 1. The average Bonchev–Trinajstić information content (AvgIpc) is 3.08. The maximum atomic E-state index is 12.6. The summed E-state index contributed by atoms with van der Waals surface area (Å²) in [5.41, 5.74) is 1.99. The van der Waals surface area contributed by atoms with Gasteiger partial charge in [0.25, 0.3) is 0 Å². The maximum Gasteiger partial charge on any atom is 0.220 e. The minimum atomic E-state index is -0.266. The van der Waals surface area contributed by atoms with Gasteiger partial charge in [-0.15, -0.1) is 0 Å². The van der Waals surface area contributed by atoms with Crippen LogP contribution < -0.4 is 14.8 Å². The second-order valence-electron chi connectivity index (χ2n) is 7.07. The van der Waals surface area contributed by atoms with Crippen LogP contribution in [0.15, 0.2) is 30.6 Å². The Morgan fingerprint density at radius 3 is 2.67 bits per heavy atom. The van der Waals surface area contributed by atoms with E-state index < -0.39 is 0 Å². The van der Waals surface area contributed by atoms with Crippen molar-refractivity contribution < 1.29 is 19.4 Å². The standard InChI is InChI=1S/C20H27N3O4/c1-23-12-15(11-21-23)20(14-9-16(24)10-14)22-19(25)7-5-13-4-6-17(26-2)18(8-13)27-3/h4,6,8,11-12,14,16,20,24H,5,7,9-10H2,1-3H3,(H,22,25). The van der Waals surface area contributed by atoms with E-state index in [1.54, 1.807) is 25.1 Å². The van der Waals surface area contributed by atoms with E-state index in [1.165, 1.54) is 0 Å². The van der Waals surface area contributed by atoms with Crippen molar-refractivity contribution in [1.29, 1.82) is 0 Å². The average molecular weight is 373 g/mol. The molecule has 1 amide bonds. The van der Waals surface area contributed by atoms with Crippen molar-refractivity contribution in [2.75, 3.05) is 14.2 Å². The number of hydrogen-bond donors (Lipinski definition) is 2. The number of ether oxygens (including phenoxy) is 2. The molecule has 1 atom stereocenters. The van der Waals surface area contributed by atoms with Gasteiger partial charge < -0.3 is 19.9 Å². The monoisotopic (exact) mass is 373 g/mol. The van der Waals surface area contributed by atoms with E-state index in [4.69, 9.17) is 9.47 Å². The van der Waals surface area contributed by atoms with E-state index in [-0.39, 0.29) is 24.0 Å². The number of aromatic nitrogens is 2. The Bertz CT molecular complexity index is 783. The quantitative estimate of drug-likeness (QED) is 0.739. The van der Waals surface area contributed by atoms with Gasteiger partial charge in [0.2, 0.25) is 5.91 Å². The van der Waals surface area contributed by atoms with Crippen molar-refractivity contribution in [3.8, 4) is 11.5 Å². The lowest BCUT2D eigenvalue weighted by Gasteiger charge is -2.37. The second kappa shape index (κ2) is 8.43. The molecule has 0 spiro atoms. The molecule has 1 heterocycles. The van der Waals surface area contributed by atoms with E-state index in [9.17, 15) is 9.90 Å². The summed E-state index contributed by atoms with van der Waals surface area (Å²) in [4.78, 5) is 12.6. The Kier molecular flexibility index (Phi) is 6.01. The molecule has 1 saturated carbocycles. The number of aliphatic hydroxyl groups is 1. The van der Waals surface area contributed by atoms with Gasteiger partial charge in [0.15, 0.2) is 11.5 Å². The summed E-state index contributed by atoms with van der Waals surface area (Å²) in [5.74, 6) is 1.56. The predicted octanol–water partition coefficient (Wildman–Crippen LogP) is 2.00. The number of aryl methyl sites for hydroxylation is 2. The summed E-state index contributed by atoms with van der Waals surface area (Å²) < 4.78 is 12.3. The first-order valence-electron chi connectivity index (χ1n) is 9.17. The molecule has 7 heteroatoms. The smallest absolute Gasteiger partial charge is 0.220 e. The molecule has 0 aliphatic heterocycles. The number of hydrogen-bond acceptors (Lipinski definition) is 5. The van der Waals surface area contributed by atoms with Crippen molar-refractivity contribution >= 4 is 5.91 Å². The Balaban J connectivity index is 1.61. The highest BCUT2D eigenvalue weighted by Gasteiger charge is 2.36. The van der Waals surface area contributed by atoms with Crippen LogP contribution >= 0.6 is 0 Å². The van der Waals surface area contributed by atoms with Gasteiger partial charge in [-0.1, -0.05) is 6.07 Å². The fraction of sp³-hybridized carbons (Fsp3) is 0.500. The van der Waals surface area contributed by atoms with Crippen LogP contribution in [-0.4, -0.2) is 41.1 Å². The van der Waals surface area contributed by atoms with Crippen molar-refractivity contribution in [1.82, 2.24) is 15.1 Å². The molecule has 2 aromatic rings. The third-order valence-electron chi connectivity index (χ3n) is 5.11. The minimum Gasteiger partial charge on any atom is -0.493 e. The number of nitrogens with zero attached hydrogens (tertiary/aromatic N) is 2. The Hall–Kier alpha value is -2.54. The van der Waals surface area contributed by atoms with Gasteiger partial charge in [0.1, 0.15) is 0 Å². The molecular formula is C20H27N3O4. The van der Waals surface area contributed by atoms with Crippen LogP contribution in [-0.2, 0) is 18.3 Å². The van der Waals surface area contributed by atoms with Gasteiger partial charge in [-0.2, -0.15) is 5.10 Å². The molecule has 1 aromatic heterocycles. The molecule has 1 aliphatic rings. The third kappa shape index (κ3) is 4.60. The normalized spacial score (nSPS) is 19.9. The first-order chi connectivity index (χ1) is 13.0. The summed E-state index contributed by atoms with van der Waals surface area (Å²) in [6, 6.07) is 5.57. The van der Waals surface area contributed by atoms with Gasteiger partial charge in [0, 0.05) is 25.2 Å². The highest BCUT2D eigenvalue weighted by atomic mass is 16.5. The highest BCUT2D eigenvalue weighted by Crippen LogP contribution is 2.38. The van der Waals surface area contributed by atoms with Crippen molar-refractivity contribution in [3.05, 3.63) is 41.7 Å². The minimum absolute atomic E-state index is 0.0139. The molecule has 0 saturated heterocycles. The number of methoxy groups -OCH3 is 2. The van der Waals surface area contributed by atoms with Crippen LogP contribution in [0, 0.1) is 5.92 Å². The van der Waals surface area contributed by atoms with Crippen molar-refractivity contribution in [3.63, 3.8) is 0 Å². The summed E-state index contributed by atoms with van der Waals surface area (Å²) in [5, 5.41) is 17.0. The lowest BCUT2D eigenvalue weighted by molar-refractivity contribution is -0.123. The summed E-state index contributed by atoms with van der Waals surface area (Å²) >= 11 is 0. The first kappa shape index (κ1) is 19.2. The largest absolute Gasteiger partial charge is 0.493 e. The number of carbonyl (C=O) groups is 1. The molecule has 1 aromatic carbocycles. The highest BCUT2D eigenvalue weighted by molar-refractivity contribution is 5.76. The molecule has 1 aliphatic carbocycles. The number of aliphatic hydroxyl groups excluding tert-OH is 1. The molecular weight excluding hydrogens is 346 g/mol. The fourth-order valence-corrected chi connectivity index (χ4v) is 3.52. The SMILES string of the molecule is COc1ccc(CCC(=O)NC(c2cnn(C)c2)C2CC(O)C2)cc1OC. The molecule has 27 heavy (non-hydrogen) atoms. The number of rotatable bonds is 8. The second-order valence-corrected chi connectivity index (χ2v) is 7.07. The van der Waals surface area contributed by atoms with Gasteiger partial charge in [-0.3, -0.25) is 9.48 Å². The molecule has 1 unspecified atom stereocenters. The van der Waals surface area contributed by atoms with Crippen LogP contribution in [0.1, 0.15) is 36.4 Å². The molecule has 146 valence electrons. The molecule has 3 rings (SSSR count). The third-order valence-corrected chi connectivity index (χ3v) is 5.11. The van der Waals surface area contributed by atoms with Crippen molar-refractivity contribution in [2.45, 2.75) is 37.8 Å². The molecule has 0 radical (unpaired) electrons. The van der Waals surface area contributed by atoms with E-state index in [0.717, 1.165) is 11.1 Å². The predicted molar refractivity (Wildman–Crippen MR) is 101 cm³/mol. The Morgan fingerprint density at radius 1 is 1.33 bits per heavy atom. The van der Waals surface area contributed by atoms with Crippen molar-refractivity contribution in [2.24, 2.45) is 13.0 Å². The lowest BCUT2D eigenvalue weighted by atomic mass is 9.75. The van der Waals surface area contributed by atoms with Gasteiger partial charge in [-0.25, -0.2) is 0 Å². The Labute approximate surface area is 159 Å². The zero-order chi connectivity index (χ0) is 19.4. The summed E-state index contributed by atoms with van der Waals surface area (Å²) in [7, 11) is 5.05. The van der Waals surface area contributed by atoms with Gasteiger partial charge in [-0.05, 0) is 42.9 Å². The topological polar surface area (TPSA) is 85.6 Å². The summed E-state index contributed by atoms with van der Waals surface area (Å²) in [6.07, 6.45) is 5.83. The zero-order valence-corrected chi connectivity index (χ0v) is 16.0. The van der Waals surface area contributed by atoms with Crippen LogP contribution in [0.3, 0.4) is 0 Å². The van der Waals surface area contributed by atoms with Crippen LogP contribution in [0.2, 0.25) is 0 Å². The number of benzene rings is 1. The molecule has 0 bridgehead atoms. The molecule has 7 nitrogen and oxygen atoms in total. The molecule has 1 fully saturated rings. The van der Waals surface area contributed by atoms with Gasteiger partial charge in [0.05, 0.1) is 32.6 Å². The number of amides is 1. The van der Waals surface area contributed by atoms with Crippen LogP contribution in [0.4, 0.5) is 0 Å².